The summed E-state index contributed by atoms with van der Waals surface area (Å²) in [5.41, 5.74) is -1.18. The van der Waals surface area contributed by atoms with E-state index in [0.29, 0.717) is 13.0 Å². The maximum absolute atomic E-state index is 10.7. The Morgan fingerprint density at radius 1 is 1.64 bits per heavy atom. The fourth-order valence-electron chi connectivity index (χ4n) is 1.44. The molecule has 0 bridgehead atoms. The van der Waals surface area contributed by atoms with Gasteiger partial charge < -0.3 is 14.6 Å². The predicted molar refractivity (Wildman–Crippen MR) is 40.2 cm³/mol. The molecule has 0 aromatic heterocycles. The summed E-state index contributed by atoms with van der Waals surface area (Å²) in [5, 5.41) is 9.04. The normalized spacial score (nSPS) is 35.5. The van der Waals surface area contributed by atoms with Crippen LogP contribution in [-0.2, 0) is 9.53 Å². The summed E-state index contributed by atoms with van der Waals surface area (Å²) in [6.45, 7) is 4.12. The fraction of sp³-hybridized carbons (Fsp3) is 0.875. The Labute approximate surface area is 66.4 Å². The molecule has 1 heterocycles. The second kappa shape index (κ2) is 2.57. The van der Waals surface area contributed by atoms with Crippen LogP contribution in [0.3, 0.4) is 0 Å². The van der Waals surface area contributed by atoms with Crippen molar-refractivity contribution >= 4 is 6.29 Å². The zero-order valence-corrected chi connectivity index (χ0v) is 6.96. The smallest absolute Gasteiger partial charge is 0.131 e. The van der Waals surface area contributed by atoms with Crippen molar-refractivity contribution in [3.63, 3.8) is 0 Å². The largest absolute Gasteiger partial charge is 0.395 e. The molecule has 0 aromatic carbocycles. The molecule has 0 aromatic rings. The van der Waals surface area contributed by atoms with E-state index >= 15 is 0 Å². The number of carbonyl (C=O) groups is 1. The zero-order chi connectivity index (χ0) is 8.54. The van der Waals surface area contributed by atoms with Crippen molar-refractivity contribution < 1.29 is 14.6 Å². The lowest BCUT2D eigenvalue weighted by atomic mass is 9.75. The lowest BCUT2D eigenvalue weighted by Gasteiger charge is -2.33. The number of aliphatic hydroxyl groups is 1. The number of aldehydes is 1. The van der Waals surface area contributed by atoms with Gasteiger partial charge >= 0.3 is 0 Å². The maximum Gasteiger partial charge on any atom is 0.131 e. The molecule has 64 valence electrons. The van der Waals surface area contributed by atoms with E-state index in [1.165, 1.54) is 0 Å². The molecule has 1 unspecified atom stereocenters. The number of rotatable bonds is 2. The third kappa shape index (κ3) is 1.08. The number of aliphatic hydroxyl groups excluding tert-OH is 1. The second-order valence-corrected chi connectivity index (χ2v) is 3.54. The van der Waals surface area contributed by atoms with Gasteiger partial charge in [0.1, 0.15) is 6.29 Å². The average molecular weight is 158 g/mol. The quantitative estimate of drug-likeness (QED) is 0.590. The predicted octanol–water partition coefficient (Wildman–Crippen LogP) is 0.363. The fourth-order valence-corrected chi connectivity index (χ4v) is 1.44. The van der Waals surface area contributed by atoms with Gasteiger partial charge in [0.05, 0.1) is 17.6 Å². The molecule has 1 N–H and O–H groups in total. The van der Waals surface area contributed by atoms with Crippen molar-refractivity contribution in [2.45, 2.75) is 25.9 Å². The van der Waals surface area contributed by atoms with Crippen LogP contribution < -0.4 is 0 Å². The van der Waals surface area contributed by atoms with Gasteiger partial charge in [-0.1, -0.05) is 0 Å². The molecule has 1 aliphatic heterocycles. The van der Waals surface area contributed by atoms with E-state index in [9.17, 15) is 4.79 Å². The molecule has 1 saturated heterocycles. The zero-order valence-electron chi connectivity index (χ0n) is 6.96. The van der Waals surface area contributed by atoms with Crippen molar-refractivity contribution in [2.75, 3.05) is 13.2 Å². The molecule has 0 spiro atoms. The van der Waals surface area contributed by atoms with Crippen LogP contribution in [0.4, 0.5) is 0 Å². The molecule has 1 rings (SSSR count). The van der Waals surface area contributed by atoms with E-state index in [1.807, 2.05) is 13.8 Å². The highest BCUT2D eigenvalue weighted by Crippen LogP contribution is 2.41. The maximum atomic E-state index is 10.7. The van der Waals surface area contributed by atoms with Crippen LogP contribution in [0.25, 0.3) is 0 Å². The molecule has 0 amide bonds. The Kier molecular flexibility index (Phi) is 2.03. The van der Waals surface area contributed by atoms with Gasteiger partial charge in [0.2, 0.25) is 0 Å². The van der Waals surface area contributed by atoms with E-state index < -0.39 is 11.0 Å². The van der Waals surface area contributed by atoms with Crippen molar-refractivity contribution in [3.05, 3.63) is 0 Å². The van der Waals surface area contributed by atoms with Gasteiger partial charge in [-0.25, -0.2) is 0 Å². The molecule has 0 radical (unpaired) electrons. The molecule has 1 aliphatic rings. The van der Waals surface area contributed by atoms with Gasteiger partial charge in [0.25, 0.3) is 0 Å². The summed E-state index contributed by atoms with van der Waals surface area (Å²) < 4.78 is 5.35. The first-order valence-electron chi connectivity index (χ1n) is 3.79. The van der Waals surface area contributed by atoms with E-state index in [0.717, 1.165) is 6.29 Å². The van der Waals surface area contributed by atoms with Crippen LogP contribution >= 0.6 is 0 Å². The topological polar surface area (TPSA) is 46.5 Å². The van der Waals surface area contributed by atoms with E-state index in [2.05, 4.69) is 0 Å². The van der Waals surface area contributed by atoms with Gasteiger partial charge in [-0.3, -0.25) is 0 Å². The first-order valence-corrected chi connectivity index (χ1v) is 3.79. The minimum absolute atomic E-state index is 0.122. The average Bonchev–Trinajstić information content (AvgIpc) is 2.26. The van der Waals surface area contributed by atoms with E-state index in [1.54, 1.807) is 0 Å². The van der Waals surface area contributed by atoms with Gasteiger partial charge in [-0.2, -0.15) is 0 Å². The molecule has 3 nitrogen and oxygen atoms in total. The molecular weight excluding hydrogens is 144 g/mol. The molecule has 1 atom stereocenters. The van der Waals surface area contributed by atoms with Crippen LogP contribution in [0.1, 0.15) is 20.3 Å². The minimum Gasteiger partial charge on any atom is -0.395 e. The third-order valence-corrected chi connectivity index (χ3v) is 2.72. The summed E-state index contributed by atoms with van der Waals surface area (Å²) in [7, 11) is 0. The Bertz CT molecular complexity index is 165. The number of hydrogen-bond donors (Lipinski definition) is 1. The molecular formula is C8H14O3. The highest BCUT2D eigenvalue weighted by atomic mass is 16.5. The van der Waals surface area contributed by atoms with Crippen molar-refractivity contribution in [1.82, 2.24) is 0 Å². The monoisotopic (exact) mass is 158 g/mol. The highest BCUT2D eigenvalue weighted by Gasteiger charge is 2.49. The standard InChI is InChI=1S/C8H14O3/c1-7(2)8(5-9,6-10)3-4-11-7/h5,10H,3-4,6H2,1-2H3. The van der Waals surface area contributed by atoms with Gasteiger partial charge in [-0.15, -0.1) is 0 Å². The molecule has 0 aliphatic carbocycles. The van der Waals surface area contributed by atoms with Gasteiger partial charge in [0, 0.05) is 6.61 Å². The lowest BCUT2D eigenvalue weighted by molar-refractivity contribution is -0.128. The Morgan fingerprint density at radius 2 is 2.27 bits per heavy atom. The van der Waals surface area contributed by atoms with Crippen LogP contribution in [0.2, 0.25) is 0 Å². The Morgan fingerprint density at radius 3 is 2.45 bits per heavy atom. The number of hydrogen-bond acceptors (Lipinski definition) is 3. The first-order chi connectivity index (χ1) is 5.08. The SMILES string of the molecule is CC1(C)OCCC1(C=O)CO. The minimum atomic E-state index is -0.674. The van der Waals surface area contributed by atoms with Crippen LogP contribution in [0.5, 0.6) is 0 Å². The summed E-state index contributed by atoms with van der Waals surface area (Å²) in [4.78, 5) is 10.7. The first kappa shape index (κ1) is 8.68. The van der Waals surface area contributed by atoms with Crippen LogP contribution in [0, 0.1) is 5.41 Å². The summed E-state index contributed by atoms with van der Waals surface area (Å²) in [6.07, 6.45) is 1.44. The summed E-state index contributed by atoms with van der Waals surface area (Å²) >= 11 is 0. The molecule has 1 fully saturated rings. The second-order valence-electron chi connectivity index (χ2n) is 3.54. The highest BCUT2D eigenvalue weighted by molar-refractivity contribution is 5.62. The Hall–Kier alpha value is -0.410. The van der Waals surface area contributed by atoms with Gasteiger partial charge in [0.15, 0.2) is 0 Å². The van der Waals surface area contributed by atoms with E-state index in [4.69, 9.17) is 9.84 Å². The molecule has 3 heteroatoms. The van der Waals surface area contributed by atoms with Crippen LogP contribution in [0.15, 0.2) is 0 Å². The van der Waals surface area contributed by atoms with Crippen LogP contribution in [-0.4, -0.2) is 30.2 Å². The van der Waals surface area contributed by atoms with Crippen molar-refractivity contribution in [2.24, 2.45) is 5.41 Å². The van der Waals surface area contributed by atoms with Crippen molar-refractivity contribution in [3.8, 4) is 0 Å². The lowest BCUT2D eigenvalue weighted by Crippen LogP contribution is -2.44. The number of carbonyl (C=O) groups excluding carboxylic acids is 1. The summed E-state index contributed by atoms with van der Waals surface area (Å²) in [6, 6.07) is 0. The molecule has 0 saturated carbocycles. The summed E-state index contributed by atoms with van der Waals surface area (Å²) in [5.74, 6) is 0. The van der Waals surface area contributed by atoms with Crippen molar-refractivity contribution in [1.29, 1.82) is 0 Å². The van der Waals surface area contributed by atoms with Gasteiger partial charge in [-0.05, 0) is 20.3 Å². The third-order valence-electron chi connectivity index (χ3n) is 2.72. The Balaban J connectivity index is 2.90. The number of ether oxygens (including phenoxy) is 1. The molecule has 11 heavy (non-hydrogen) atoms. The van der Waals surface area contributed by atoms with E-state index in [-0.39, 0.29) is 6.61 Å².